The molecule has 7 heteroatoms. The molecule has 0 aromatic carbocycles. The third kappa shape index (κ3) is 2.16. The van der Waals surface area contributed by atoms with Gasteiger partial charge in [-0.2, -0.15) is 0 Å². The first-order valence-electron chi connectivity index (χ1n) is 6.00. The zero-order chi connectivity index (χ0) is 13.9. The zero-order valence-electron chi connectivity index (χ0n) is 10.5. The van der Waals surface area contributed by atoms with E-state index in [1.165, 1.54) is 6.20 Å². The van der Waals surface area contributed by atoms with Crippen LogP contribution in [0.5, 0.6) is 0 Å². The van der Waals surface area contributed by atoms with Crippen LogP contribution < -0.4 is 11.1 Å². The van der Waals surface area contributed by atoms with Crippen LogP contribution in [-0.4, -0.2) is 25.8 Å². The summed E-state index contributed by atoms with van der Waals surface area (Å²) in [7, 11) is 0. The number of pyridine rings is 1. The number of nitrogens with zero attached hydrogens (tertiary/aromatic N) is 3. The van der Waals surface area contributed by atoms with E-state index in [1.54, 1.807) is 24.8 Å². The van der Waals surface area contributed by atoms with Gasteiger partial charge in [0.2, 0.25) is 0 Å². The number of H-pyrrole nitrogens is 1. The Hall–Kier alpha value is -2.96. The molecule has 7 nitrogen and oxygen atoms in total. The lowest BCUT2D eigenvalue weighted by Crippen LogP contribution is -2.15. The number of rotatable bonds is 4. The van der Waals surface area contributed by atoms with Crippen LogP contribution in [0.15, 0.2) is 37.1 Å². The molecule has 0 spiro atoms. The summed E-state index contributed by atoms with van der Waals surface area (Å²) in [5.41, 5.74) is 7.84. The molecule has 0 aliphatic carbocycles. The molecule has 0 atom stereocenters. The number of anilines is 1. The van der Waals surface area contributed by atoms with E-state index in [4.69, 9.17) is 5.73 Å². The Morgan fingerprint density at radius 2 is 2.20 bits per heavy atom. The van der Waals surface area contributed by atoms with Crippen molar-refractivity contribution < 1.29 is 4.79 Å². The van der Waals surface area contributed by atoms with Gasteiger partial charge in [0.1, 0.15) is 5.65 Å². The van der Waals surface area contributed by atoms with Crippen LogP contribution in [-0.2, 0) is 6.54 Å². The lowest BCUT2D eigenvalue weighted by Gasteiger charge is -2.10. The number of nitrogens with one attached hydrogen (secondary N) is 2. The number of hydrogen-bond donors (Lipinski definition) is 3. The van der Waals surface area contributed by atoms with Crippen molar-refractivity contribution >= 4 is 22.6 Å². The Labute approximate surface area is 114 Å². The van der Waals surface area contributed by atoms with Crippen molar-refractivity contribution in [3.63, 3.8) is 0 Å². The molecule has 0 saturated heterocycles. The molecular formula is C13H12N6O. The maximum Gasteiger partial charge on any atom is 0.252 e. The molecule has 0 aliphatic rings. The molecule has 3 rings (SSSR count). The highest BCUT2D eigenvalue weighted by molar-refractivity contribution is 6.05. The molecule has 0 unspecified atom stereocenters. The van der Waals surface area contributed by atoms with E-state index in [1.807, 2.05) is 6.07 Å². The number of fused-ring (bicyclic) bond motifs is 1. The lowest BCUT2D eigenvalue weighted by atomic mass is 10.1. The van der Waals surface area contributed by atoms with E-state index in [2.05, 4.69) is 25.3 Å². The van der Waals surface area contributed by atoms with Gasteiger partial charge in [0.25, 0.3) is 5.91 Å². The Bertz CT molecular complexity index is 752. The molecule has 1 amide bonds. The molecule has 3 heterocycles. The summed E-state index contributed by atoms with van der Waals surface area (Å²) in [5.74, 6) is -0.526. The second kappa shape index (κ2) is 4.96. The van der Waals surface area contributed by atoms with Gasteiger partial charge >= 0.3 is 0 Å². The Kier molecular flexibility index (Phi) is 3.00. The van der Waals surface area contributed by atoms with E-state index in [9.17, 15) is 4.79 Å². The third-order valence-corrected chi connectivity index (χ3v) is 2.91. The van der Waals surface area contributed by atoms with E-state index >= 15 is 0 Å². The predicted molar refractivity (Wildman–Crippen MR) is 74.0 cm³/mol. The van der Waals surface area contributed by atoms with Crippen molar-refractivity contribution in [2.45, 2.75) is 6.54 Å². The number of carbonyl (C=O) groups excluding carboxylic acids is 1. The number of aromatic amines is 1. The fourth-order valence-electron chi connectivity index (χ4n) is 1.99. The average molecular weight is 268 g/mol. The van der Waals surface area contributed by atoms with Crippen molar-refractivity contribution in [1.82, 2.24) is 19.9 Å². The van der Waals surface area contributed by atoms with Crippen LogP contribution in [0.25, 0.3) is 11.0 Å². The molecule has 3 aromatic rings. The van der Waals surface area contributed by atoms with Crippen molar-refractivity contribution in [2.75, 3.05) is 5.32 Å². The fourth-order valence-corrected chi connectivity index (χ4v) is 1.99. The first-order chi connectivity index (χ1) is 9.75. The van der Waals surface area contributed by atoms with E-state index in [0.29, 0.717) is 23.4 Å². The molecule has 0 fully saturated rings. The maximum absolute atomic E-state index is 11.5. The second-order valence-corrected chi connectivity index (χ2v) is 4.20. The van der Waals surface area contributed by atoms with Crippen LogP contribution >= 0.6 is 0 Å². The van der Waals surface area contributed by atoms with E-state index in [-0.39, 0.29) is 0 Å². The van der Waals surface area contributed by atoms with Crippen LogP contribution in [0, 0.1) is 0 Å². The van der Waals surface area contributed by atoms with Gasteiger partial charge in [0, 0.05) is 30.2 Å². The molecule has 0 saturated carbocycles. The normalized spacial score (nSPS) is 10.6. The quantitative estimate of drug-likeness (QED) is 0.655. The van der Waals surface area contributed by atoms with Crippen LogP contribution in [0.3, 0.4) is 0 Å². The largest absolute Gasteiger partial charge is 0.378 e. The summed E-state index contributed by atoms with van der Waals surface area (Å²) in [6, 6.07) is 1.84. The first-order valence-corrected chi connectivity index (χ1v) is 6.00. The number of primary amides is 1. The van der Waals surface area contributed by atoms with Crippen molar-refractivity contribution in [3.8, 4) is 0 Å². The third-order valence-electron chi connectivity index (χ3n) is 2.91. The zero-order valence-corrected chi connectivity index (χ0v) is 10.5. The fraction of sp³-hybridized carbons (Fsp3) is 0.0769. The molecular weight excluding hydrogens is 256 g/mol. The van der Waals surface area contributed by atoms with Crippen molar-refractivity contribution in [1.29, 1.82) is 0 Å². The molecule has 3 aromatic heterocycles. The smallest absolute Gasteiger partial charge is 0.252 e. The van der Waals surface area contributed by atoms with Gasteiger partial charge in [-0.3, -0.25) is 14.8 Å². The van der Waals surface area contributed by atoms with Gasteiger partial charge in [-0.15, -0.1) is 0 Å². The molecule has 4 N–H and O–H groups in total. The van der Waals surface area contributed by atoms with Gasteiger partial charge < -0.3 is 16.0 Å². The number of nitrogens with two attached hydrogens (primary N) is 1. The van der Waals surface area contributed by atoms with E-state index in [0.717, 1.165) is 11.1 Å². The summed E-state index contributed by atoms with van der Waals surface area (Å²) in [5, 5.41) is 3.99. The second-order valence-electron chi connectivity index (χ2n) is 4.20. The Morgan fingerprint density at radius 3 is 2.95 bits per heavy atom. The lowest BCUT2D eigenvalue weighted by molar-refractivity contribution is 0.100. The number of hydrogen-bond acceptors (Lipinski definition) is 5. The summed E-state index contributed by atoms with van der Waals surface area (Å²) >= 11 is 0. The van der Waals surface area contributed by atoms with Crippen LogP contribution in [0.1, 0.15) is 16.1 Å². The van der Waals surface area contributed by atoms with Crippen LogP contribution in [0.4, 0.5) is 5.69 Å². The SMILES string of the molecule is NC(=O)c1cnc2[nH]ccc2c1NCc1cnccn1. The van der Waals surface area contributed by atoms with Crippen molar-refractivity contribution in [3.05, 3.63) is 48.3 Å². The monoisotopic (exact) mass is 268 g/mol. The Balaban J connectivity index is 1.98. The first kappa shape index (κ1) is 12.1. The number of amides is 1. The molecule has 0 radical (unpaired) electrons. The minimum atomic E-state index is -0.526. The van der Waals surface area contributed by atoms with Crippen molar-refractivity contribution in [2.24, 2.45) is 5.73 Å². The molecule has 20 heavy (non-hydrogen) atoms. The summed E-state index contributed by atoms with van der Waals surface area (Å²) in [6.07, 6.45) is 8.10. The Morgan fingerprint density at radius 1 is 1.30 bits per heavy atom. The average Bonchev–Trinajstić information content (AvgIpc) is 2.94. The summed E-state index contributed by atoms with van der Waals surface area (Å²) in [6.45, 7) is 0.443. The maximum atomic E-state index is 11.5. The van der Waals surface area contributed by atoms with Crippen LogP contribution in [0.2, 0.25) is 0 Å². The van der Waals surface area contributed by atoms with Gasteiger partial charge in [-0.25, -0.2) is 4.98 Å². The molecule has 0 aliphatic heterocycles. The van der Waals surface area contributed by atoms with Gasteiger partial charge in [-0.05, 0) is 6.07 Å². The summed E-state index contributed by atoms with van der Waals surface area (Å²) in [4.78, 5) is 26.8. The number of carbonyl (C=O) groups is 1. The molecule has 100 valence electrons. The van der Waals surface area contributed by atoms with Gasteiger partial charge in [0.15, 0.2) is 0 Å². The predicted octanol–water partition coefficient (Wildman–Crippen LogP) is 1.06. The highest BCUT2D eigenvalue weighted by Gasteiger charge is 2.13. The highest BCUT2D eigenvalue weighted by atomic mass is 16.1. The topological polar surface area (TPSA) is 110 Å². The van der Waals surface area contributed by atoms with E-state index < -0.39 is 5.91 Å². The molecule has 0 bridgehead atoms. The van der Waals surface area contributed by atoms with Gasteiger partial charge in [0.05, 0.1) is 29.7 Å². The standard InChI is InChI=1S/C13H12N6O/c14-12(20)10-7-19-13-9(1-2-17-13)11(10)18-6-8-5-15-3-4-16-8/h1-5,7H,6H2,(H2,14,20)(H2,17,18,19). The summed E-state index contributed by atoms with van der Waals surface area (Å²) < 4.78 is 0. The highest BCUT2D eigenvalue weighted by Crippen LogP contribution is 2.25. The minimum Gasteiger partial charge on any atom is -0.378 e. The number of aromatic nitrogens is 4. The van der Waals surface area contributed by atoms with Gasteiger partial charge in [-0.1, -0.05) is 0 Å². The minimum absolute atomic E-state index is 0.348.